The highest BCUT2D eigenvalue weighted by atomic mass is 32.1. The number of carbonyl (C=O) groups is 1. The maximum absolute atomic E-state index is 11.3. The molecule has 0 amide bonds. The summed E-state index contributed by atoms with van der Waals surface area (Å²) in [7, 11) is 4.09. The van der Waals surface area contributed by atoms with Gasteiger partial charge in [0.25, 0.3) is 0 Å². The average Bonchev–Trinajstić information content (AvgIpc) is 2.34. The molecule has 19 heavy (non-hydrogen) atoms. The van der Waals surface area contributed by atoms with Crippen LogP contribution in [0.4, 0.5) is 5.69 Å². The highest BCUT2D eigenvalue weighted by molar-refractivity contribution is 7.80. The van der Waals surface area contributed by atoms with Gasteiger partial charge in [0.2, 0.25) is 0 Å². The second-order valence-corrected chi connectivity index (χ2v) is 5.08. The number of hydrogen-bond donors (Lipinski definition) is 2. The van der Waals surface area contributed by atoms with Crippen LogP contribution in [0.15, 0.2) is 24.3 Å². The largest absolute Gasteiger partial charge is 0.362 e. The first kappa shape index (κ1) is 15.6. The average molecular weight is 279 g/mol. The number of benzene rings is 1. The summed E-state index contributed by atoms with van der Waals surface area (Å²) in [4.78, 5) is 13.4. The van der Waals surface area contributed by atoms with E-state index in [-0.39, 0.29) is 5.78 Å². The molecule has 1 aromatic rings. The first-order valence-corrected chi connectivity index (χ1v) is 6.70. The molecule has 0 spiro atoms. The molecule has 0 saturated heterocycles. The van der Waals surface area contributed by atoms with Crippen LogP contribution in [0.3, 0.4) is 0 Å². The standard InChI is InChI=1S/C14H21N3OS/c1-11(18)12-6-4-7-13(10-12)16-14(19)15-8-5-9-17(2)3/h4,6-7,10H,5,8-9H2,1-3H3,(H2,15,16,19). The van der Waals surface area contributed by atoms with E-state index in [1.54, 1.807) is 19.1 Å². The molecule has 1 rings (SSSR count). The molecule has 1 aromatic carbocycles. The fraction of sp³-hybridized carbons (Fsp3) is 0.429. The Kier molecular flexibility index (Phi) is 6.45. The van der Waals surface area contributed by atoms with E-state index >= 15 is 0 Å². The van der Waals surface area contributed by atoms with E-state index in [0.717, 1.165) is 25.2 Å². The molecule has 0 bridgehead atoms. The molecule has 104 valence electrons. The summed E-state index contributed by atoms with van der Waals surface area (Å²) >= 11 is 5.20. The normalized spacial score (nSPS) is 10.3. The van der Waals surface area contributed by atoms with Crippen LogP contribution in [0.25, 0.3) is 0 Å². The van der Waals surface area contributed by atoms with Crippen LogP contribution < -0.4 is 10.6 Å². The van der Waals surface area contributed by atoms with E-state index in [2.05, 4.69) is 15.5 Å². The van der Waals surface area contributed by atoms with Gasteiger partial charge < -0.3 is 15.5 Å². The van der Waals surface area contributed by atoms with Crippen molar-refractivity contribution in [1.29, 1.82) is 0 Å². The Morgan fingerprint density at radius 1 is 1.37 bits per heavy atom. The van der Waals surface area contributed by atoms with Gasteiger partial charge in [-0.25, -0.2) is 0 Å². The van der Waals surface area contributed by atoms with Gasteiger partial charge in [0, 0.05) is 17.8 Å². The number of anilines is 1. The Balaban J connectivity index is 2.40. The zero-order chi connectivity index (χ0) is 14.3. The molecular weight excluding hydrogens is 258 g/mol. The summed E-state index contributed by atoms with van der Waals surface area (Å²) in [6.45, 7) is 3.41. The van der Waals surface area contributed by atoms with E-state index in [9.17, 15) is 4.79 Å². The van der Waals surface area contributed by atoms with Crippen molar-refractivity contribution in [2.75, 3.05) is 32.5 Å². The van der Waals surface area contributed by atoms with E-state index in [4.69, 9.17) is 12.2 Å². The lowest BCUT2D eigenvalue weighted by Crippen LogP contribution is -2.30. The zero-order valence-corrected chi connectivity index (χ0v) is 12.5. The minimum atomic E-state index is 0.0495. The maximum atomic E-state index is 11.3. The smallest absolute Gasteiger partial charge is 0.170 e. The van der Waals surface area contributed by atoms with Gasteiger partial charge in [-0.1, -0.05) is 12.1 Å². The molecule has 0 saturated carbocycles. The Morgan fingerprint density at radius 2 is 2.11 bits per heavy atom. The third kappa shape index (κ3) is 6.31. The van der Waals surface area contributed by atoms with Gasteiger partial charge in [0.1, 0.15) is 0 Å². The second-order valence-electron chi connectivity index (χ2n) is 4.67. The van der Waals surface area contributed by atoms with Crippen LogP contribution in [0.1, 0.15) is 23.7 Å². The SMILES string of the molecule is CC(=O)c1cccc(NC(=S)NCCCN(C)C)c1. The van der Waals surface area contributed by atoms with Crippen molar-refractivity contribution in [3.8, 4) is 0 Å². The number of Topliss-reactive ketones (excluding diaryl/α,β-unsaturated/α-hetero) is 1. The fourth-order valence-electron chi connectivity index (χ4n) is 1.59. The lowest BCUT2D eigenvalue weighted by Gasteiger charge is -2.13. The summed E-state index contributed by atoms with van der Waals surface area (Å²) in [5, 5.41) is 6.81. The third-order valence-corrected chi connectivity index (χ3v) is 2.84. The molecular formula is C14H21N3OS. The summed E-state index contributed by atoms with van der Waals surface area (Å²) < 4.78 is 0. The van der Waals surface area contributed by atoms with Gasteiger partial charge in [0.05, 0.1) is 0 Å². The Morgan fingerprint density at radius 3 is 2.74 bits per heavy atom. The van der Waals surface area contributed by atoms with Gasteiger partial charge in [-0.2, -0.15) is 0 Å². The molecule has 2 N–H and O–H groups in total. The zero-order valence-electron chi connectivity index (χ0n) is 11.7. The predicted octanol–water partition coefficient (Wildman–Crippen LogP) is 2.13. The topological polar surface area (TPSA) is 44.4 Å². The van der Waals surface area contributed by atoms with E-state index in [1.807, 2.05) is 26.2 Å². The second kappa shape index (κ2) is 7.86. The Bertz CT molecular complexity index is 446. The minimum Gasteiger partial charge on any atom is -0.362 e. The first-order chi connectivity index (χ1) is 8.99. The van der Waals surface area contributed by atoms with Crippen LogP contribution in [0, 0.1) is 0 Å². The van der Waals surface area contributed by atoms with Gasteiger partial charge >= 0.3 is 0 Å². The summed E-state index contributed by atoms with van der Waals surface area (Å²) in [6, 6.07) is 7.32. The van der Waals surface area contributed by atoms with Crippen LogP contribution in [0.2, 0.25) is 0 Å². The molecule has 0 fully saturated rings. The van der Waals surface area contributed by atoms with Gasteiger partial charge in [-0.05, 0) is 58.3 Å². The summed E-state index contributed by atoms with van der Waals surface area (Å²) in [6.07, 6.45) is 1.03. The summed E-state index contributed by atoms with van der Waals surface area (Å²) in [5.41, 5.74) is 1.51. The Hall–Kier alpha value is -1.46. The van der Waals surface area contributed by atoms with E-state index < -0.39 is 0 Å². The molecule has 0 aliphatic heterocycles. The number of nitrogens with zero attached hydrogens (tertiary/aromatic N) is 1. The maximum Gasteiger partial charge on any atom is 0.170 e. The number of hydrogen-bond acceptors (Lipinski definition) is 3. The molecule has 5 heteroatoms. The van der Waals surface area contributed by atoms with Crippen molar-refractivity contribution in [2.45, 2.75) is 13.3 Å². The minimum absolute atomic E-state index is 0.0495. The molecule has 0 aromatic heterocycles. The van der Waals surface area contributed by atoms with Crippen molar-refractivity contribution in [3.05, 3.63) is 29.8 Å². The van der Waals surface area contributed by atoms with Crippen molar-refractivity contribution < 1.29 is 4.79 Å². The third-order valence-electron chi connectivity index (χ3n) is 2.59. The molecule has 4 nitrogen and oxygen atoms in total. The highest BCUT2D eigenvalue weighted by Crippen LogP contribution is 2.10. The lowest BCUT2D eigenvalue weighted by molar-refractivity contribution is 0.101. The number of thiocarbonyl (C=S) groups is 1. The lowest BCUT2D eigenvalue weighted by atomic mass is 10.1. The van der Waals surface area contributed by atoms with Crippen molar-refractivity contribution in [3.63, 3.8) is 0 Å². The quantitative estimate of drug-likeness (QED) is 0.474. The Labute approximate surface area is 120 Å². The molecule has 0 aliphatic carbocycles. The number of carbonyl (C=O) groups excluding carboxylic acids is 1. The fourth-order valence-corrected chi connectivity index (χ4v) is 1.81. The van der Waals surface area contributed by atoms with Crippen LogP contribution in [0.5, 0.6) is 0 Å². The van der Waals surface area contributed by atoms with Crippen molar-refractivity contribution >= 4 is 28.8 Å². The van der Waals surface area contributed by atoms with Crippen LogP contribution in [-0.4, -0.2) is 43.0 Å². The number of nitrogens with one attached hydrogen (secondary N) is 2. The number of ketones is 1. The number of rotatable bonds is 6. The van der Waals surface area contributed by atoms with Gasteiger partial charge in [-0.15, -0.1) is 0 Å². The van der Waals surface area contributed by atoms with Crippen LogP contribution in [-0.2, 0) is 0 Å². The molecule has 0 radical (unpaired) electrons. The monoisotopic (exact) mass is 279 g/mol. The van der Waals surface area contributed by atoms with E-state index in [1.165, 1.54) is 0 Å². The summed E-state index contributed by atoms with van der Waals surface area (Å²) in [5.74, 6) is 0.0495. The predicted molar refractivity (Wildman–Crippen MR) is 83.8 cm³/mol. The molecule has 0 aliphatic rings. The molecule has 0 atom stereocenters. The molecule has 0 unspecified atom stereocenters. The van der Waals surface area contributed by atoms with Crippen LogP contribution >= 0.6 is 12.2 Å². The van der Waals surface area contributed by atoms with Gasteiger partial charge in [0.15, 0.2) is 10.9 Å². The van der Waals surface area contributed by atoms with Crippen molar-refractivity contribution in [1.82, 2.24) is 10.2 Å². The molecule has 0 heterocycles. The van der Waals surface area contributed by atoms with Gasteiger partial charge in [-0.3, -0.25) is 4.79 Å². The van der Waals surface area contributed by atoms with Crippen molar-refractivity contribution in [2.24, 2.45) is 0 Å². The highest BCUT2D eigenvalue weighted by Gasteiger charge is 2.02. The first-order valence-electron chi connectivity index (χ1n) is 6.29. The van der Waals surface area contributed by atoms with E-state index in [0.29, 0.717) is 10.7 Å².